The van der Waals surface area contributed by atoms with E-state index in [-0.39, 0.29) is 11.9 Å². The summed E-state index contributed by atoms with van der Waals surface area (Å²) in [4.78, 5) is 26.5. The summed E-state index contributed by atoms with van der Waals surface area (Å²) in [7, 11) is 0. The van der Waals surface area contributed by atoms with Gasteiger partial charge in [0.05, 0.1) is 11.5 Å². The van der Waals surface area contributed by atoms with Gasteiger partial charge in [-0.25, -0.2) is 0 Å². The number of benzene rings is 3. The second-order valence-electron chi connectivity index (χ2n) is 9.44. The molecule has 1 aliphatic carbocycles. The summed E-state index contributed by atoms with van der Waals surface area (Å²) >= 11 is 0. The summed E-state index contributed by atoms with van der Waals surface area (Å²) in [5.74, 6) is -1.24. The summed E-state index contributed by atoms with van der Waals surface area (Å²) in [6, 6.07) is 18.1. The molecule has 0 spiro atoms. The van der Waals surface area contributed by atoms with Crippen LogP contribution in [0.5, 0.6) is 0 Å². The van der Waals surface area contributed by atoms with Gasteiger partial charge in [0.2, 0.25) is 0 Å². The van der Waals surface area contributed by atoms with Gasteiger partial charge in [-0.05, 0) is 78.4 Å². The molecule has 1 amide bonds. The molecule has 5 nitrogen and oxygen atoms in total. The lowest BCUT2D eigenvalue weighted by atomic mass is 9.85. The van der Waals surface area contributed by atoms with Crippen molar-refractivity contribution in [1.82, 2.24) is 4.90 Å². The fourth-order valence-corrected chi connectivity index (χ4v) is 5.12. The fraction of sp³-hybridized carbons (Fsp3) is 0.286. The molecule has 0 saturated heterocycles. The van der Waals surface area contributed by atoms with Crippen molar-refractivity contribution in [2.45, 2.75) is 44.4 Å². The maximum atomic E-state index is 13.2. The van der Waals surface area contributed by atoms with Gasteiger partial charge in [-0.3, -0.25) is 9.59 Å². The number of nitrogens with one attached hydrogen (secondary N) is 1. The highest BCUT2D eigenvalue weighted by Gasteiger charge is 2.37. The number of aliphatic carboxylic acids is 1. The van der Waals surface area contributed by atoms with Crippen LogP contribution >= 0.6 is 0 Å². The molecule has 2 aliphatic rings. The van der Waals surface area contributed by atoms with Crippen LogP contribution in [0.25, 0.3) is 11.1 Å². The number of fused-ring (bicyclic) bond motifs is 1. The Labute approximate surface area is 206 Å². The van der Waals surface area contributed by atoms with Crippen molar-refractivity contribution in [3.8, 4) is 11.1 Å². The van der Waals surface area contributed by atoms with E-state index in [4.69, 9.17) is 0 Å². The summed E-state index contributed by atoms with van der Waals surface area (Å²) in [5.41, 5.74) is 3.97. The van der Waals surface area contributed by atoms with Crippen molar-refractivity contribution in [1.29, 1.82) is 0 Å². The second-order valence-corrected chi connectivity index (χ2v) is 9.44. The van der Waals surface area contributed by atoms with Crippen LogP contribution in [0, 0.1) is 5.92 Å². The Morgan fingerprint density at radius 2 is 1.56 bits per heavy atom. The number of carboxylic acids is 1. The van der Waals surface area contributed by atoms with Gasteiger partial charge in [0.15, 0.2) is 0 Å². The SMILES string of the molecule is O=C(O)C1CCCC(N2Cc3ccc(-c4ccc(Nc5ccc(C(F)(F)F)cc5)cc4)cc3C2=O)C1. The lowest BCUT2D eigenvalue weighted by Gasteiger charge is -2.33. The first-order chi connectivity index (χ1) is 17.2. The number of carboxylic acid groups (broad SMARTS) is 1. The number of halogens is 3. The first kappa shape index (κ1) is 23.9. The standard InChI is InChI=1S/C28H25F3N2O3/c29-28(30,31)21-8-12-23(13-9-21)32-22-10-6-17(7-11-22)18-4-5-20-16-33(26(34)25(20)15-18)24-3-1-2-19(14-24)27(35)36/h4-13,15,19,24,32H,1-3,14,16H2,(H,35,36). The van der Waals surface area contributed by atoms with Crippen LogP contribution < -0.4 is 5.32 Å². The van der Waals surface area contributed by atoms with Gasteiger partial charge in [-0.2, -0.15) is 13.2 Å². The molecule has 1 saturated carbocycles. The predicted octanol–water partition coefficient (Wildman–Crippen LogP) is 6.72. The maximum absolute atomic E-state index is 13.2. The molecule has 8 heteroatoms. The van der Waals surface area contributed by atoms with Crippen LogP contribution in [0.3, 0.4) is 0 Å². The molecule has 2 atom stereocenters. The highest BCUT2D eigenvalue weighted by atomic mass is 19.4. The molecule has 3 aromatic carbocycles. The number of rotatable bonds is 5. The molecule has 2 N–H and O–H groups in total. The number of amides is 1. The largest absolute Gasteiger partial charge is 0.481 e. The molecule has 36 heavy (non-hydrogen) atoms. The Balaban J connectivity index is 1.28. The minimum atomic E-state index is -4.37. The highest BCUT2D eigenvalue weighted by Crippen LogP contribution is 2.36. The van der Waals surface area contributed by atoms with Crippen molar-refractivity contribution >= 4 is 23.3 Å². The van der Waals surface area contributed by atoms with Crippen LogP contribution in [0.4, 0.5) is 24.5 Å². The number of carbonyl (C=O) groups excluding carboxylic acids is 1. The topological polar surface area (TPSA) is 69.6 Å². The third-order valence-corrected chi connectivity index (χ3v) is 7.10. The van der Waals surface area contributed by atoms with E-state index in [1.165, 1.54) is 12.1 Å². The van der Waals surface area contributed by atoms with E-state index in [0.717, 1.165) is 47.4 Å². The fourth-order valence-electron chi connectivity index (χ4n) is 5.12. The summed E-state index contributed by atoms with van der Waals surface area (Å²) in [6.45, 7) is 0.501. The van der Waals surface area contributed by atoms with Gasteiger partial charge >= 0.3 is 12.1 Å². The van der Waals surface area contributed by atoms with E-state index in [9.17, 15) is 27.9 Å². The monoisotopic (exact) mass is 494 g/mol. The minimum Gasteiger partial charge on any atom is -0.481 e. The Hall–Kier alpha value is -3.81. The summed E-state index contributed by atoms with van der Waals surface area (Å²) < 4.78 is 38.3. The number of anilines is 2. The number of alkyl halides is 3. The van der Waals surface area contributed by atoms with E-state index in [1.807, 2.05) is 47.4 Å². The number of nitrogens with zero attached hydrogens (tertiary/aromatic N) is 1. The van der Waals surface area contributed by atoms with E-state index in [1.54, 1.807) is 0 Å². The predicted molar refractivity (Wildman–Crippen MR) is 130 cm³/mol. The molecule has 5 rings (SSSR count). The van der Waals surface area contributed by atoms with E-state index < -0.39 is 23.6 Å². The quantitative estimate of drug-likeness (QED) is 0.413. The Morgan fingerprint density at radius 3 is 2.19 bits per heavy atom. The molecule has 0 bridgehead atoms. The molecular weight excluding hydrogens is 469 g/mol. The smallest absolute Gasteiger partial charge is 0.416 e. The minimum absolute atomic E-state index is 0.0523. The maximum Gasteiger partial charge on any atom is 0.416 e. The van der Waals surface area contributed by atoms with Crippen molar-refractivity contribution in [3.05, 3.63) is 83.4 Å². The first-order valence-corrected chi connectivity index (χ1v) is 11.9. The third kappa shape index (κ3) is 4.80. The van der Waals surface area contributed by atoms with Gasteiger partial charge in [0, 0.05) is 29.5 Å². The lowest BCUT2D eigenvalue weighted by Crippen LogP contribution is -2.40. The Kier molecular flexibility index (Phi) is 6.20. The van der Waals surface area contributed by atoms with Crippen LogP contribution in [-0.2, 0) is 17.5 Å². The van der Waals surface area contributed by atoms with Crippen LogP contribution in [0.15, 0.2) is 66.7 Å². The van der Waals surface area contributed by atoms with Crippen LogP contribution in [0.1, 0.15) is 47.2 Å². The number of carbonyl (C=O) groups is 2. The molecule has 3 aromatic rings. The van der Waals surface area contributed by atoms with Gasteiger partial charge in [0.1, 0.15) is 0 Å². The molecule has 1 heterocycles. The normalized spacial score (nSPS) is 19.8. The molecule has 0 aromatic heterocycles. The molecule has 186 valence electrons. The van der Waals surface area contributed by atoms with Gasteiger partial charge < -0.3 is 15.3 Å². The van der Waals surface area contributed by atoms with E-state index >= 15 is 0 Å². The lowest BCUT2D eigenvalue weighted by molar-refractivity contribution is -0.143. The first-order valence-electron chi connectivity index (χ1n) is 11.9. The Bertz CT molecular complexity index is 1290. The Morgan fingerprint density at radius 1 is 0.917 bits per heavy atom. The van der Waals surface area contributed by atoms with Crippen LogP contribution in [-0.4, -0.2) is 27.9 Å². The van der Waals surface area contributed by atoms with Crippen molar-refractivity contribution in [2.24, 2.45) is 5.92 Å². The zero-order valence-corrected chi connectivity index (χ0v) is 19.4. The second kappa shape index (κ2) is 9.33. The molecular formula is C28H25F3N2O3. The molecule has 2 unspecified atom stereocenters. The van der Waals surface area contributed by atoms with Crippen molar-refractivity contribution < 1.29 is 27.9 Å². The van der Waals surface area contributed by atoms with Crippen molar-refractivity contribution in [2.75, 3.05) is 5.32 Å². The van der Waals surface area contributed by atoms with Gasteiger partial charge in [-0.1, -0.05) is 30.7 Å². The summed E-state index contributed by atoms with van der Waals surface area (Å²) in [5, 5.41) is 12.5. The molecule has 1 fully saturated rings. The van der Waals surface area contributed by atoms with Gasteiger partial charge in [-0.15, -0.1) is 0 Å². The summed E-state index contributed by atoms with van der Waals surface area (Å²) in [6.07, 6.45) is -1.58. The third-order valence-electron chi connectivity index (χ3n) is 7.10. The zero-order valence-electron chi connectivity index (χ0n) is 19.4. The number of hydrogen-bond donors (Lipinski definition) is 2. The number of hydrogen-bond acceptors (Lipinski definition) is 3. The van der Waals surface area contributed by atoms with E-state index in [0.29, 0.717) is 30.6 Å². The van der Waals surface area contributed by atoms with Crippen LogP contribution in [0.2, 0.25) is 0 Å². The van der Waals surface area contributed by atoms with Crippen molar-refractivity contribution in [3.63, 3.8) is 0 Å². The highest BCUT2D eigenvalue weighted by molar-refractivity contribution is 5.99. The van der Waals surface area contributed by atoms with E-state index in [2.05, 4.69) is 5.32 Å². The molecule has 0 radical (unpaired) electrons. The zero-order chi connectivity index (χ0) is 25.4. The average Bonchev–Trinajstić information content (AvgIpc) is 3.20. The van der Waals surface area contributed by atoms with Gasteiger partial charge in [0.25, 0.3) is 5.91 Å². The molecule has 1 aliphatic heterocycles. The average molecular weight is 495 g/mol.